The van der Waals surface area contributed by atoms with E-state index in [-0.39, 0.29) is 32.5 Å². The summed E-state index contributed by atoms with van der Waals surface area (Å²) in [5.41, 5.74) is 16.6. The highest BCUT2D eigenvalue weighted by atomic mass is 16.4. The second-order valence-corrected chi connectivity index (χ2v) is 11.9. The van der Waals surface area contributed by atoms with Crippen LogP contribution in [-0.4, -0.2) is 125 Å². The number of hydrazine groups is 1. The summed E-state index contributed by atoms with van der Waals surface area (Å²) >= 11 is 0. The molecule has 19 nitrogen and oxygen atoms in total. The largest absolute Gasteiger partial charge is 0.480 e. The van der Waals surface area contributed by atoms with E-state index < -0.39 is 78.2 Å². The number of aromatic nitrogens is 1. The summed E-state index contributed by atoms with van der Waals surface area (Å²) in [6.45, 7) is 1.30. The van der Waals surface area contributed by atoms with Gasteiger partial charge in [0.25, 0.3) is 5.91 Å². The molecular formula is C31H50N10O9. The van der Waals surface area contributed by atoms with Crippen LogP contribution in [0.4, 0.5) is 0 Å². The van der Waals surface area contributed by atoms with Crippen LogP contribution in [0.25, 0.3) is 0 Å². The zero-order valence-corrected chi connectivity index (χ0v) is 28.2. The number of carboxylic acid groups (broad SMARTS) is 1. The quantitative estimate of drug-likeness (QED) is 0.0416. The Morgan fingerprint density at radius 3 is 2.28 bits per heavy atom. The number of hydrogen-bond donors (Lipinski definition) is 10. The summed E-state index contributed by atoms with van der Waals surface area (Å²) in [6.07, 6.45) is 4.72. The second kappa shape index (κ2) is 22.1. The maximum absolute atomic E-state index is 13.6. The minimum absolute atomic E-state index is 0.100. The van der Waals surface area contributed by atoms with Gasteiger partial charge in [-0.15, -0.1) is 0 Å². The summed E-state index contributed by atoms with van der Waals surface area (Å²) in [5.74, 6) is -4.70. The van der Waals surface area contributed by atoms with Gasteiger partial charge in [-0.05, 0) is 77.0 Å². The molecule has 0 spiro atoms. The van der Waals surface area contributed by atoms with Gasteiger partial charge in [0, 0.05) is 31.0 Å². The molecule has 50 heavy (non-hydrogen) atoms. The van der Waals surface area contributed by atoms with Crippen LogP contribution in [0, 0.1) is 0 Å². The van der Waals surface area contributed by atoms with E-state index in [0.29, 0.717) is 50.6 Å². The first-order valence-electron chi connectivity index (χ1n) is 16.6. The molecule has 0 aromatic carbocycles. The highest BCUT2D eigenvalue weighted by Gasteiger charge is 2.39. The fourth-order valence-corrected chi connectivity index (χ4v) is 5.11. The lowest BCUT2D eigenvalue weighted by Gasteiger charge is -2.30. The molecule has 19 heteroatoms. The lowest BCUT2D eigenvalue weighted by atomic mass is 10.0. The maximum Gasteiger partial charge on any atom is 0.322 e. The number of rotatable bonds is 22. The monoisotopic (exact) mass is 706 g/mol. The molecule has 0 saturated carbocycles. The van der Waals surface area contributed by atoms with E-state index in [4.69, 9.17) is 16.6 Å². The van der Waals surface area contributed by atoms with Crippen LogP contribution < -0.4 is 43.6 Å². The number of nitrogens with two attached hydrogens (primary N) is 2. The lowest BCUT2D eigenvalue weighted by Crippen LogP contribution is -2.58. The third-order valence-corrected chi connectivity index (χ3v) is 7.90. The van der Waals surface area contributed by atoms with Gasteiger partial charge in [0.2, 0.25) is 29.5 Å². The number of carbonyl (C=O) groups excluding carboxylic acids is 6. The van der Waals surface area contributed by atoms with Crippen LogP contribution >= 0.6 is 0 Å². The van der Waals surface area contributed by atoms with Crippen LogP contribution in [0.15, 0.2) is 24.5 Å². The predicted molar refractivity (Wildman–Crippen MR) is 178 cm³/mol. The zero-order valence-electron chi connectivity index (χ0n) is 28.2. The van der Waals surface area contributed by atoms with Crippen molar-refractivity contribution in [2.24, 2.45) is 11.5 Å². The Hall–Kier alpha value is -4.72. The van der Waals surface area contributed by atoms with Crippen LogP contribution in [0.2, 0.25) is 0 Å². The summed E-state index contributed by atoms with van der Waals surface area (Å²) in [6, 6.07) is -1.35. The Labute approximate surface area is 290 Å². The highest BCUT2D eigenvalue weighted by molar-refractivity contribution is 5.96. The number of nitrogens with one attached hydrogen (secondary N) is 6. The summed E-state index contributed by atoms with van der Waals surface area (Å²) in [4.78, 5) is 93.0. The van der Waals surface area contributed by atoms with Gasteiger partial charge in [-0.2, -0.15) is 0 Å². The molecule has 0 aliphatic carbocycles. The van der Waals surface area contributed by atoms with Crippen molar-refractivity contribution < 1.29 is 43.8 Å². The van der Waals surface area contributed by atoms with Gasteiger partial charge in [0.15, 0.2) is 0 Å². The molecule has 1 saturated heterocycles. The molecule has 278 valence electrons. The lowest BCUT2D eigenvalue weighted by molar-refractivity contribution is -0.143. The van der Waals surface area contributed by atoms with Crippen LogP contribution in [0.3, 0.4) is 0 Å². The van der Waals surface area contributed by atoms with Gasteiger partial charge >= 0.3 is 5.97 Å². The van der Waals surface area contributed by atoms with Gasteiger partial charge in [-0.25, -0.2) is 5.43 Å². The van der Waals surface area contributed by atoms with E-state index in [1.807, 2.05) is 0 Å². The van der Waals surface area contributed by atoms with Crippen LogP contribution in [-0.2, 0) is 28.8 Å². The van der Waals surface area contributed by atoms with Crippen molar-refractivity contribution in [1.29, 1.82) is 0 Å². The van der Waals surface area contributed by atoms with Gasteiger partial charge in [0.05, 0.1) is 12.6 Å². The minimum Gasteiger partial charge on any atom is -0.480 e. The minimum atomic E-state index is -1.28. The Balaban J connectivity index is 1.95. The number of carbonyl (C=O) groups is 7. The number of aliphatic hydroxyl groups is 1. The fourth-order valence-electron chi connectivity index (χ4n) is 5.11. The first-order valence-corrected chi connectivity index (χ1v) is 16.6. The SMILES string of the molecule is C[C@@H](O)[C@H](N)C(=O)N[C@@H](CCCCN)C(=O)N1CCC[C@H]1C(=O)N[C@@H](CCCCNC(=O)CNNC(=O)c1ccncc1)C(=O)NCC(=O)O. The van der Waals surface area contributed by atoms with E-state index in [9.17, 15) is 38.7 Å². The molecule has 1 aromatic heterocycles. The van der Waals surface area contributed by atoms with Crippen molar-refractivity contribution >= 4 is 41.4 Å². The van der Waals surface area contributed by atoms with Crippen molar-refractivity contribution in [2.45, 2.75) is 88.6 Å². The first kappa shape index (κ1) is 41.5. The average Bonchev–Trinajstić information content (AvgIpc) is 3.59. The Bertz CT molecular complexity index is 1300. The molecule has 6 amide bonds. The third-order valence-electron chi connectivity index (χ3n) is 7.90. The molecule has 5 atom stereocenters. The number of aliphatic carboxylic acids is 1. The number of aliphatic hydroxyl groups excluding tert-OH is 1. The second-order valence-electron chi connectivity index (χ2n) is 11.9. The molecule has 0 radical (unpaired) electrons. The number of unbranched alkanes of at least 4 members (excludes halogenated alkanes) is 2. The van der Waals surface area contributed by atoms with E-state index in [2.05, 4.69) is 37.1 Å². The summed E-state index contributed by atoms with van der Waals surface area (Å²) in [7, 11) is 0. The number of likely N-dealkylation sites (tertiary alicyclic amines) is 1. The smallest absolute Gasteiger partial charge is 0.322 e. The molecule has 1 fully saturated rings. The standard InChI is InChI=1S/C31H50N10O9/c1-19(42)26(33)30(49)39-22(8-2-4-12-32)31(50)41-16-6-9-23(41)29(48)38-21(28(47)36-18-25(44)45)7-3-5-13-35-24(43)17-37-40-27(46)20-10-14-34-15-11-20/h10-11,14-15,19,21-23,26,37,42H,2-9,12-13,16-18,32-33H2,1H3,(H,35,43)(H,36,47)(H,38,48)(H,39,49)(H,40,46)(H,44,45)/t19-,21+,22+,23+,26+/m1/s1. The predicted octanol–water partition coefficient (Wildman–Crippen LogP) is -3.40. The molecular weight excluding hydrogens is 656 g/mol. The number of hydrogen-bond acceptors (Lipinski definition) is 12. The maximum atomic E-state index is 13.6. The third kappa shape index (κ3) is 14.4. The van der Waals surface area contributed by atoms with Gasteiger partial charge in [0.1, 0.15) is 30.7 Å². The Morgan fingerprint density at radius 1 is 0.940 bits per heavy atom. The van der Waals surface area contributed by atoms with Crippen molar-refractivity contribution in [3.05, 3.63) is 30.1 Å². The molecule has 0 bridgehead atoms. The van der Waals surface area contributed by atoms with E-state index in [1.165, 1.54) is 36.4 Å². The molecule has 1 aliphatic rings. The molecule has 1 aliphatic heterocycles. The molecule has 2 heterocycles. The summed E-state index contributed by atoms with van der Waals surface area (Å²) < 4.78 is 0. The number of carboxylic acids is 1. The molecule has 12 N–H and O–H groups in total. The molecule has 2 rings (SSSR count). The highest BCUT2D eigenvalue weighted by Crippen LogP contribution is 2.20. The van der Waals surface area contributed by atoms with Crippen LogP contribution in [0.1, 0.15) is 68.6 Å². The van der Waals surface area contributed by atoms with E-state index >= 15 is 0 Å². The fraction of sp³-hybridized carbons (Fsp3) is 0.613. The van der Waals surface area contributed by atoms with E-state index in [1.54, 1.807) is 0 Å². The van der Waals surface area contributed by atoms with Crippen molar-refractivity contribution in [2.75, 3.05) is 32.7 Å². The topological polar surface area (TPSA) is 300 Å². The van der Waals surface area contributed by atoms with Gasteiger partial charge < -0.3 is 47.8 Å². The molecule has 0 unspecified atom stereocenters. The number of nitrogens with zero attached hydrogens (tertiary/aromatic N) is 2. The van der Waals surface area contributed by atoms with E-state index in [0.717, 1.165) is 0 Å². The zero-order chi connectivity index (χ0) is 37.1. The number of amides is 6. The van der Waals surface area contributed by atoms with Crippen molar-refractivity contribution in [3.8, 4) is 0 Å². The number of pyridine rings is 1. The van der Waals surface area contributed by atoms with Crippen molar-refractivity contribution in [3.63, 3.8) is 0 Å². The Morgan fingerprint density at radius 2 is 1.62 bits per heavy atom. The summed E-state index contributed by atoms with van der Waals surface area (Å²) in [5, 5.41) is 28.9. The van der Waals surface area contributed by atoms with Crippen molar-refractivity contribution in [1.82, 2.24) is 42.0 Å². The van der Waals surface area contributed by atoms with Crippen LogP contribution in [0.5, 0.6) is 0 Å². The normalized spacial score (nSPS) is 16.3. The van der Waals surface area contributed by atoms with Gasteiger partial charge in [-0.3, -0.25) is 44.0 Å². The van der Waals surface area contributed by atoms with Gasteiger partial charge in [-0.1, -0.05) is 0 Å². The molecule has 1 aromatic rings. The Kier molecular flexibility index (Phi) is 18.3. The average molecular weight is 707 g/mol. The first-order chi connectivity index (χ1) is 23.8.